The minimum atomic E-state index is -0.699. The molecule has 2 rings (SSSR count). The fourth-order valence-corrected chi connectivity index (χ4v) is 2.08. The highest BCUT2D eigenvalue weighted by atomic mass is 16.5. The van der Waals surface area contributed by atoms with Crippen LogP contribution in [0.3, 0.4) is 0 Å². The molecule has 0 saturated heterocycles. The highest BCUT2D eigenvalue weighted by molar-refractivity contribution is 6.13. The molecule has 2 aromatic rings. The number of benzene rings is 2. The minimum absolute atomic E-state index is 0.0515. The number of carbonyl (C=O) groups is 1. The molecule has 0 aliphatic carbocycles. The highest BCUT2D eigenvalue weighted by Gasteiger charge is 2.14. The number of anilines is 1. The summed E-state index contributed by atoms with van der Waals surface area (Å²) in [7, 11) is 0. The van der Waals surface area contributed by atoms with Crippen LogP contribution >= 0.6 is 0 Å². The molecule has 0 radical (unpaired) electrons. The van der Waals surface area contributed by atoms with E-state index < -0.39 is 6.03 Å². The van der Waals surface area contributed by atoms with Crippen molar-refractivity contribution in [3.05, 3.63) is 48.5 Å². The van der Waals surface area contributed by atoms with E-state index in [0.717, 1.165) is 10.6 Å². The van der Waals surface area contributed by atoms with E-state index in [1.807, 2.05) is 25.1 Å². The van der Waals surface area contributed by atoms with Gasteiger partial charge >= 0.3 is 6.03 Å². The van der Waals surface area contributed by atoms with E-state index in [0.29, 0.717) is 23.8 Å². The zero-order chi connectivity index (χ0) is 16.8. The predicted molar refractivity (Wildman–Crippen MR) is 89.6 cm³/mol. The standard InChI is InChI=1S/C17H19N3O3/c1-3-22-15-5-4-6-16(11-15)23-14-9-7-13(8-10-14)20(12(2)18)17(19)21/h4-11,18H,3H2,1-2H3,(H2,19,21). The van der Waals surface area contributed by atoms with Crippen molar-refractivity contribution in [1.82, 2.24) is 0 Å². The van der Waals surface area contributed by atoms with Gasteiger partial charge in [0.05, 0.1) is 12.3 Å². The lowest BCUT2D eigenvalue weighted by molar-refractivity contribution is 0.256. The summed E-state index contributed by atoms with van der Waals surface area (Å²) in [5.74, 6) is 2.05. The van der Waals surface area contributed by atoms with Gasteiger partial charge in [-0.05, 0) is 50.2 Å². The van der Waals surface area contributed by atoms with Crippen LogP contribution in [0, 0.1) is 5.41 Å². The predicted octanol–water partition coefficient (Wildman–Crippen LogP) is 3.76. The maximum absolute atomic E-state index is 11.4. The Bertz CT molecular complexity index is 684. The number of ether oxygens (including phenoxy) is 2. The van der Waals surface area contributed by atoms with Gasteiger partial charge in [0.1, 0.15) is 23.1 Å². The number of nitrogens with zero attached hydrogens (tertiary/aromatic N) is 1. The number of amidine groups is 1. The third-order valence-electron chi connectivity index (χ3n) is 3.00. The zero-order valence-electron chi connectivity index (χ0n) is 13.1. The number of nitrogens with two attached hydrogens (primary N) is 1. The minimum Gasteiger partial charge on any atom is -0.494 e. The fourth-order valence-electron chi connectivity index (χ4n) is 2.08. The van der Waals surface area contributed by atoms with Gasteiger partial charge in [0.25, 0.3) is 0 Å². The molecule has 0 saturated carbocycles. The highest BCUT2D eigenvalue weighted by Crippen LogP contribution is 2.27. The molecule has 0 atom stereocenters. The molecule has 0 bridgehead atoms. The SMILES string of the molecule is CCOc1cccc(Oc2ccc(N(C(C)=N)C(N)=O)cc2)c1. The van der Waals surface area contributed by atoms with Gasteiger partial charge in [0.15, 0.2) is 0 Å². The van der Waals surface area contributed by atoms with Crippen molar-refractivity contribution in [2.75, 3.05) is 11.5 Å². The molecule has 0 aliphatic heterocycles. The van der Waals surface area contributed by atoms with Crippen LogP contribution in [-0.4, -0.2) is 18.5 Å². The van der Waals surface area contributed by atoms with E-state index in [4.69, 9.17) is 20.6 Å². The van der Waals surface area contributed by atoms with E-state index in [1.54, 1.807) is 30.3 Å². The quantitative estimate of drug-likeness (QED) is 0.650. The number of hydrogen-bond acceptors (Lipinski definition) is 4. The number of nitrogens with one attached hydrogen (secondary N) is 1. The van der Waals surface area contributed by atoms with E-state index >= 15 is 0 Å². The van der Waals surface area contributed by atoms with Gasteiger partial charge in [0.2, 0.25) is 0 Å². The Kier molecular flexibility index (Phi) is 5.19. The van der Waals surface area contributed by atoms with Gasteiger partial charge < -0.3 is 15.2 Å². The van der Waals surface area contributed by atoms with E-state index in [9.17, 15) is 4.79 Å². The summed E-state index contributed by atoms with van der Waals surface area (Å²) in [5.41, 5.74) is 5.79. The van der Waals surface area contributed by atoms with Crippen LogP contribution in [0.4, 0.5) is 10.5 Å². The first kappa shape index (κ1) is 16.4. The van der Waals surface area contributed by atoms with Crippen molar-refractivity contribution in [2.24, 2.45) is 5.73 Å². The molecule has 6 heteroatoms. The van der Waals surface area contributed by atoms with E-state index in [1.165, 1.54) is 6.92 Å². The molecule has 6 nitrogen and oxygen atoms in total. The second kappa shape index (κ2) is 7.31. The molecule has 0 heterocycles. The molecule has 0 spiro atoms. The molecular formula is C17H19N3O3. The van der Waals surface area contributed by atoms with Crippen LogP contribution in [-0.2, 0) is 0 Å². The Labute approximate surface area is 134 Å². The first-order valence-corrected chi connectivity index (χ1v) is 7.16. The van der Waals surface area contributed by atoms with Crippen LogP contribution in [0.5, 0.6) is 17.2 Å². The molecular weight excluding hydrogens is 294 g/mol. The van der Waals surface area contributed by atoms with Crippen LogP contribution in [0.25, 0.3) is 0 Å². The van der Waals surface area contributed by atoms with Crippen molar-refractivity contribution in [1.29, 1.82) is 5.41 Å². The normalized spacial score (nSPS) is 10.0. The van der Waals surface area contributed by atoms with Crippen LogP contribution in [0.1, 0.15) is 13.8 Å². The largest absolute Gasteiger partial charge is 0.494 e. The number of hydrogen-bond donors (Lipinski definition) is 2. The summed E-state index contributed by atoms with van der Waals surface area (Å²) < 4.78 is 11.2. The van der Waals surface area contributed by atoms with Crippen molar-refractivity contribution in [3.8, 4) is 17.2 Å². The van der Waals surface area contributed by atoms with Crippen molar-refractivity contribution in [3.63, 3.8) is 0 Å². The van der Waals surface area contributed by atoms with Crippen LogP contribution in [0.2, 0.25) is 0 Å². The van der Waals surface area contributed by atoms with Gasteiger partial charge in [-0.15, -0.1) is 0 Å². The third kappa shape index (κ3) is 4.23. The number of urea groups is 1. The van der Waals surface area contributed by atoms with Crippen LogP contribution < -0.4 is 20.1 Å². The zero-order valence-corrected chi connectivity index (χ0v) is 13.1. The Balaban J connectivity index is 2.15. The van der Waals surface area contributed by atoms with Gasteiger partial charge in [-0.2, -0.15) is 0 Å². The Morgan fingerprint density at radius 2 is 1.78 bits per heavy atom. The monoisotopic (exact) mass is 313 g/mol. The summed E-state index contributed by atoms with van der Waals surface area (Å²) in [6, 6.07) is 13.4. The van der Waals surface area contributed by atoms with Crippen molar-refractivity contribution < 1.29 is 14.3 Å². The second-order valence-corrected chi connectivity index (χ2v) is 4.76. The fraction of sp³-hybridized carbons (Fsp3) is 0.176. The van der Waals surface area contributed by atoms with Gasteiger partial charge in [-0.25, -0.2) is 4.79 Å². The summed E-state index contributed by atoms with van der Waals surface area (Å²) >= 11 is 0. The van der Waals surface area contributed by atoms with E-state index in [2.05, 4.69) is 0 Å². The average Bonchev–Trinajstić information content (AvgIpc) is 2.49. The molecule has 2 amide bonds. The molecule has 120 valence electrons. The Morgan fingerprint density at radius 3 is 2.35 bits per heavy atom. The summed E-state index contributed by atoms with van der Waals surface area (Å²) in [5, 5.41) is 7.60. The average molecular weight is 313 g/mol. The summed E-state index contributed by atoms with van der Waals surface area (Å²) in [4.78, 5) is 12.5. The number of amides is 2. The molecule has 23 heavy (non-hydrogen) atoms. The first-order valence-electron chi connectivity index (χ1n) is 7.16. The van der Waals surface area contributed by atoms with Crippen molar-refractivity contribution in [2.45, 2.75) is 13.8 Å². The lowest BCUT2D eigenvalue weighted by atomic mass is 10.2. The number of carbonyl (C=O) groups excluding carboxylic acids is 1. The maximum atomic E-state index is 11.4. The second-order valence-electron chi connectivity index (χ2n) is 4.76. The lowest BCUT2D eigenvalue weighted by Crippen LogP contribution is -2.38. The Morgan fingerprint density at radius 1 is 1.13 bits per heavy atom. The van der Waals surface area contributed by atoms with Crippen molar-refractivity contribution >= 4 is 17.6 Å². The number of rotatable bonds is 5. The summed E-state index contributed by atoms with van der Waals surface area (Å²) in [6.45, 7) is 4.00. The smallest absolute Gasteiger partial charge is 0.324 e. The first-order chi connectivity index (χ1) is 11.0. The summed E-state index contributed by atoms with van der Waals surface area (Å²) in [6.07, 6.45) is 0. The molecule has 0 aromatic heterocycles. The maximum Gasteiger partial charge on any atom is 0.324 e. The topological polar surface area (TPSA) is 88.6 Å². The Hall–Kier alpha value is -3.02. The number of primary amides is 1. The van der Waals surface area contributed by atoms with Gasteiger partial charge in [-0.1, -0.05) is 6.07 Å². The molecule has 0 unspecified atom stereocenters. The van der Waals surface area contributed by atoms with Crippen LogP contribution in [0.15, 0.2) is 48.5 Å². The van der Waals surface area contributed by atoms with E-state index in [-0.39, 0.29) is 5.84 Å². The molecule has 3 N–H and O–H groups in total. The molecule has 2 aromatic carbocycles. The molecule has 0 aliphatic rings. The van der Waals surface area contributed by atoms with Gasteiger partial charge in [-0.3, -0.25) is 10.3 Å². The molecule has 0 fully saturated rings. The van der Waals surface area contributed by atoms with Gasteiger partial charge in [0, 0.05) is 6.07 Å². The lowest BCUT2D eigenvalue weighted by Gasteiger charge is -2.19. The third-order valence-corrected chi connectivity index (χ3v) is 3.00.